The van der Waals surface area contributed by atoms with Gasteiger partial charge < -0.3 is 5.32 Å². The maximum absolute atomic E-state index is 12.6. The number of benzene rings is 2. The van der Waals surface area contributed by atoms with Crippen LogP contribution < -0.4 is 10.9 Å². The van der Waals surface area contributed by atoms with Gasteiger partial charge in [-0.15, -0.1) is 0 Å². The molecule has 0 radical (unpaired) electrons. The molecule has 1 aromatic heterocycles. The number of aromatic nitrogens is 2. The molecule has 1 N–H and O–H groups in total. The molecule has 0 spiro atoms. The lowest BCUT2D eigenvalue weighted by Crippen LogP contribution is -2.33. The van der Waals surface area contributed by atoms with Gasteiger partial charge in [0.15, 0.2) is 0 Å². The van der Waals surface area contributed by atoms with Gasteiger partial charge in [-0.2, -0.15) is 10.4 Å². The molecule has 0 aliphatic heterocycles. The molecule has 1 unspecified atom stereocenters. The van der Waals surface area contributed by atoms with Crippen molar-refractivity contribution < 1.29 is 4.79 Å². The third-order valence-corrected chi connectivity index (χ3v) is 4.50. The van der Waals surface area contributed by atoms with Gasteiger partial charge in [0.05, 0.1) is 17.3 Å². The lowest BCUT2D eigenvalue weighted by Gasteiger charge is -2.16. The van der Waals surface area contributed by atoms with Gasteiger partial charge in [0.25, 0.3) is 5.56 Å². The summed E-state index contributed by atoms with van der Waals surface area (Å²) in [6.07, 6.45) is 0. The zero-order valence-corrected chi connectivity index (χ0v) is 15.9. The smallest absolute Gasteiger partial charge is 0.267 e. The highest BCUT2D eigenvalue weighted by atomic mass is 16.2. The number of hydrogen-bond donors (Lipinski definition) is 1. The van der Waals surface area contributed by atoms with E-state index in [0.29, 0.717) is 16.9 Å². The van der Waals surface area contributed by atoms with Crippen molar-refractivity contribution in [1.82, 2.24) is 9.78 Å². The van der Waals surface area contributed by atoms with Crippen LogP contribution in [0.5, 0.6) is 0 Å². The Morgan fingerprint density at radius 1 is 1.14 bits per heavy atom. The van der Waals surface area contributed by atoms with Crippen molar-refractivity contribution >= 4 is 11.6 Å². The van der Waals surface area contributed by atoms with Crippen LogP contribution in [0.15, 0.2) is 59.4 Å². The summed E-state index contributed by atoms with van der Waals surface area (Å²) < 4.78 is 1.18. The molecule has 0 saturated carbocycles. The van der Waals surface area contributed by atoms with E-state index in [1.807, 2.05) is 38.1 Å². The number of anilines is 1. The topological polar surface area (TPSA) is 87.8 Å². The highest BCUT2D eigenvalue weighted by Crippen LogP contribution is 2.22. The van der Waals surface area contributed by atoms with Crippen LogP contribution in [0.25, 0.3) is 11.3 Å². The van der Waals surface area contributed by atoms with E-state index in [9.17, 15) is 9.59 Å². The van der Waals surface area contributed by atoms with Gasteiger partial charge in [0.2, 0.25) is 5.91 Å². The summed E-state index contributed by atoms with van der Waals surface area (Å²) in [5.74, 6) is -0.386. The number of amides is 1. The summed E-state index contributed by atoms with van der Waals surface area (Å²) in [5.41, 5.74) is 4.25. The van der Waals surface area contributed by atoms with Crippen LogP contribution in [0, 0.1) is 25.2 Å². The second kappa shape index (κ2) is 7.89. The lowest BCUT2D eigenvalue weighted by atomic mass is 10.0. The molecule has 0 aliphatic carbocycles. The molecule has 1 atom stereocenters. The molecular weight excluding hydrogens is 352 g/mol. The fourth-order valence-electron chi connectivity index (χ4n) is 2.88. The molecular formula is C22H20N4O2. The largest absolute Gasteiger partial charge is 0.324 e. The second-order valence-electron chi connectivity index (χ2n) is 6.68. The van der Waals surface area contributed by atoms with E-state index in [1.54, 1.807) is 37.3 Å². The number of nitriles is 1. The molecule has 3 rings (SSSR count). The predicted molar refractivity (Wildman–Crippen MR) is 108 cm³/mol. The summed E-state index contributed by atoms with van der Waals surface area (Å²) in [4.78, 5) is 25.0. The quantitative estimate of drug-likeness (QED) is 0.758. The Balaban J connectivity index is 1.92. The Morgan fingerprint density at radius 2 is 1.93 bits per heavy atom. The molecule has 3 aromatic rings. The number of rotatable bonds is 4. The van der Waals surface area contributed by atoms with E-state index < -0.39 is 6.04 Å². The van der Waals surface area contributed by atoms with Crippen LogP contribution >= 0.6 is 0 Å². The first-order chi connectivity index (χ1) is 13.4. The Bertz CT molecular complexity index is 1140. The van der Waals surface area contributed by atoms with E-state index in [2.05, 4.69) is 10.4 Å². The van der Waals surface area contributed by atoms with Gasteiger partial charge in [0.1, 0.15) is 6.04 Å². The minimum atomic E-state index is -0.816. The molecule has 1 heterocycles. The zero-order valence-electron chi connectivity index (χ0n) is 15.9. The van der Waals surface area contributed by atoms with Crippen LogP contribution in [0.1, 0.15) is 29.7 Å². The van der Waals surface area contributed by atoms with Crippen molar-refractivity contribution in [3.8, 4) is 17.3 Å². The van der Waals surface area contributed by atoms with Gasteiger partial charge >= 0.3 is 0 Å². The van der Waals surface area contributed by atoms with Gasteiger partial charge in [0, 0.05) is 17.3 Å². The van der Waals surface area contributed by atoms with E-state index in [-0.39, 0.29) is 11.5 Å². The first-order valence-corrected chi connectivity index (χ1v) is 8.87. The summed E-state index contributed by atoms with van der Waals surface area (Å²) in [5, 5.41) is 16.1. The van der Waals surface area contributed by atoms with Crippen LogP contribution in [0.2, 0.25) is 0 Å². The highest BCUT2D eigenvalue weighted by Gasteiger charge is 2.19. The van der Waals surface area contributed by atoms with Crippen molar-refractivity contribution in [3.05, 3.63) is 81.6 Å². The Morgan fingerprint density at radius 3 is 2.68 bits per heavy atom. The normalized spacial score (nSPS) is 11.5. The van der Waals surface area contributed by atoms with Crippen molar-refractivity contribution in [2.75, 3.05) is 5.32 Å². The third-order valence-electron chi connectivity index (χ3n) is 4.50. The Kier molecular flexibility index (Phi) is 5.37. The number of aryl methyl sites for hydroxylation is 2. The van der Waals surface area contributed by atoms with Gasteiger partial charge in [-0.1, -0.05) is 23.8 Å². The zero-order chi connectivity index (χ0) is 20.3. The fourth-order valence-corrected chi connectivity index (χ4v) is 2.88. The second-order valence-corrected chi connectivity index (χ2v) is 6.68. The molecule has 6 nitrogen and oxygen atoms in total. The Labute approximate surface area is 163 Å². The average molecular weight is 372 g/mol. The number of carbonyl (C=O) groups excluding carboxylic acids is 1. The van der Waals surface area contributed by atoms with Gasteiger partial charge in [-0.05, 0) is 56.7 Å². The molecule has 140 valence electrons. The standard InChI is InChI=1S/C22H20N4O2/c1-14-7-8-15(2)19(11-14)20-9-10-21(27)26(25-20)16(3)22(28)24-18-6-4-5-17(12-18)13-23/h4-12,16H,1-3H3,(H,24,28). The molecule has 0 fully saturated rings. The SMILES string of the molecule is Cc1ccc(C)c(-c2ccc(=O)n(C(C)C(=O)Nc3cccc(C#N)c3)n2)c1. The van der Waals surface area contributed by atoms with Gasteiger partial charge in [-0.3, -0.25) is 9.59 Å². The van der Waals surface area contributed by atoms with Crippen LogP contribution in [-0.4, -0.2) is 15.7 Å². The summed E-state index contributed by atoms with van der Waals surface area (Å²) in [6.45, 7) is 5.58. The van der Waals surface area contributed by atoms with Crippen LogP contribution in [-0.2, 0) is 4.79 Å². The monoisotopic (exact) mass is 372 g/mol. The number of hydrogen-bond acceptors (Lipinski definition) is 4. The minimum absolute atomic E-state index is 0.359. The van der Waals surface area contributed by atoms with E-state index in [0.717, 1.165) is 16.7 Å². The maximum Gasteiger partial charge on any atom is 0.267 e. The lowest BCUT2D eigenvalue weighted by molar-refractivity contribution is -0.119. The van der Waals surface area contributed by atoms with Crippen molar-refractivity contribution in [2.45, 2.75) is 26.8 Å². The maximum atomic E-state index is 12.6. The fraction of sp³-hybridized carbons (Fsp3) is 0.182. The van der Waals surface area contributed by atoms with E-state index in [4.69, 9.17) is 5.26 Å². The molecule has 1 amide bonds. The predicted octanol–water partition coefficient (Wildman–Crippen LogP) is 3.60. The minimum Gasteiger partial charge on any atom is -0.324 e. The Hall–Kier alpha value is -3.72. The molecule has 0 bridgehead atoms. The molecule has 0 aliphatic rings. The highest BCUT2D eigenvalue weighted by molar-refractivity contribution is 5.93. The third kappa shape index (κ3) is 3.99. The van der Waals surface area contributed by atoms with Crippen molar-refractivity contribution in [1.29, 1.82) is 5.26 Å². The average Bonchev–Trinajstić information content (AvgIpc) is 2.70. The van der Waals surface area contributed by atoms with Crippen molar-refractivity contribution in [3.63, 3.8) is 0 Å². The summed E-state index contributed by atoms with van der Waals surface area (Å²) in [7, 11) is 0. The number of nitrogens with zero attached hydrogens (tertiary/aromatic N) is 3. The number of carbonyl (C=O) groups is 1. The van der Waals surface area contributed by atoms with Crippen LogP contribution in [0.3, 0.4) is 0 Å². The van der Waals surface area contributed by atoms with Gasteiger partial charge in [-0.25, -0.2) is 4.68 Å². The van der Waals surface area contributed by atoms with Crippen molar-refractivity contribution in [2.24, 2.45) is 0 Å². The summed E-state index contributed by atoms with van der Waals surface area (Å²) >= 11 is 0. The first kappa shape index (κ1) is 19.1. The molecule has 2 aromatic carbocycles. The number of nitrogens with one attached hydrogen (secondary N) is 1. The van der Waals surface area contributed by atoms with Crippen LogP contribution in [0.4, 0.5) is 5.69 Å². The van der Waals surface area contributed by atoms with E-state index >= 15 is 0 Å². The van der Waals surface area contributed by atoms with E-state index in [1.165, 1.54) is 10.7 Å². The molecule has 0 saturated heterocycles. The summed E-state index contributed by atoms with van der Waals surface area (Å²) in [6, 6.07) is 16.9. The molecule has 28 heavy (non-hydrogen) atoms. The molecule has 6 heteroatoms. The first-order valence-electron chi connectivity index (χ1n) is 8.87.